The van der Waals surface area contributed by atoms with Crippen LogP contribution in [0, 0.1) is 13.8 Å². The third-order valence-electron chi connectivity index (χ3n) is 6.37. The number of hydrogen-bond donors (Lipinski definition) is 0. The molecule has 5 rings (SSSR count). The van der Waals surface area contributed by atoms with E-state index < -0.39 is 5.92 Å². The molecule has 1 aromatic carbocycles. The Kier molecular flexibility index (Phi) is 7.84. The number of nitrogens with zero attached hydrogens (tertiary/aromatic N) is 3. The zero-order chi connectivity index (χ0) is 25.9. The monoisotopic (exact) mass is 509 g/mol. The van der Waals surface area contributed by atoms with Crippen molar-refractivity contribution >= 4 is 22.5 Å². The first kappa shape index (κ1) is 26.0. The van der Waals surface area contributed by atoms with Crippen molar-refractivity contribution in [1.82, 2.24) is 15.0 Å². The van der Waals surface area contributed by atoms with Crippen LogP contribution in [0.2, 0.25) is 5.02 Å². The van der Waals surface area contributed by atoms with Gasteiger partial charge in [0.15, 0.2) is 0 Å². The van der Waals surface area contributed by atoms with E-state index in [1.54, 1.807) is 12.3 Å². The number of ether oxygens (including phenoxy) is 1. The summed E-state index contributed by atoms with van der Waals surface area (Å²) in [6, 6.07) is 15.4. The summed E-state index contributed by atoms with van der Waals surface area (Å²) >= 11 is 6.57. The van der Waals surface area contributed by atoms with E-state index in [2.05, 4.69) is 9.97 Å². The molecule has 0 bridgehead atoms. The van der Waals surface area contributed by atoms with E-state index in [0.29, 0.717) is 40.9 Å². The van der Waals surface area contributed by atoms with Crippen molar-refractivity contribution in [3.05, 3.63) is 82.4 Å². The minimum Gasteiger partial charge on any atom is -0.488 e. The Bertz CT molecular complexity index is 1360. The number of aromatic nitrogens is 3. The lowest BCUT2D eigenvalue weighted by atomic mass is 10.00. The molecular formula is C29H30ClF2N3O. The highest BCUT2D eigenvalue weighted by Crippen LogP contribution is 2.46. The molecular weight excluding hydrogens is 480 g/mol. The summed E-state index contributed by atoms with van der Waals surface area (Å²) in [5, 5.41) is 1.24. The fraction of sp³-hybridized carbons (Fsp3) is 0.345. The minimum absolute atomic E-state index is 0.127. The van der Waals surface area contributed by atoms with Crippen molar-refractivity contribution < 1.29 is 13.5 Å². The van der Waals surface area contributed by atoms with Gasteiger partial charge in [-0.25, -0.2) is 13.8 Å². The second-order valence-electron chi connectivity index (χ2n) is 8.85. The maximum absolute atomic E-state index is 13.8. The van der Waals surface area contributed by atoms with Crippen LogP contribution in [0.25, 0.3) is 22.2 Å². The lowest BCUT2D eigenvalue weighted by Crippen LogP contribution is -2.10. The second kappa shape index (κ2) is 10.9. The molecule has 1 atom stereocenters. The fourth-order valence-electron chi connectivity index (χ4n) is 4.62. The smallest absolute Gasteiger partial charge is 0.248 e. The lowest BCUT2D eigenvalue weighted by molar-refractivity contribution is 0.00766. The van der Waals surface area contributed by atoms with Crippen molar-refractivity contribution in [2.24, 2.45) is 0 Å². The van der Waals surface area contributed by atoms with E-state index in [4.69, 9.17) is 21.3 Å². The normalized spacial score (nSPS) is 16.5. The number of rotatable bonds is 5. The predicted molar refractivity (Wildman–Crippen MR) is 141 cm³/mol. The summed E-state index contributed by atoms with van der Waals surface area (Å²) in [6.07, 6.45) is 1.77. The molecule has 4 nitrogen and oxygen atoms in total. The molecule has 3 heterocycles. The zero-order valence-electron chi connectivity index (χ0n) is 21.0. The van der Waals surface area contributed by atoms with Crippen molar-refractivity contribution in [3.63, 3.8) is 0 Å². The average molecular weight is 510 g/mol. The van der Waals surface area contributed by atoms with E-state index in [0.717, 1.165) is 27.7 Å². The Morgan fingerprint density at radius 2 is 1.78 bits per heavy atom. The molecule has 0 amide bonds. The Morgan fingerprint density at radius 3 is 2.47 bits per heavy atom. The highest BCUT2D eigenvalue weighted by molar-refractivity contribution is 6.31. The Balaban J connectivity index is 0.00000148. The van der Waals surface area contributed by atoms with Crippen LogP contribution >= 0.6 is 11.6 Å². The Labute approximate surface area is 215 Å². The molecule has 0 saturated heterocycles. The maximum Gasteiger partial charge on any atom is 0.248 e. The summed E-state index contributed by atoms with van der Waals surface area (Å²) in [7, 11) is 0. The van der Waals surface area contributed by atoms with Gasteiger partial charge in [-0.2, -0.15) is 0 Å². The molecule has 1 saturated carbocycles. The van der Waals surface area contributed by atoms with Crippen molar-refractivity contribution in [1.29, 1.82) is 0 Å². The van der Waals surface area contributed by atoms with Crippen LogP contribution in [0.4, 0.5) is 8.78 Å². The topological polar surface area (TPSA) is 47.9 Å². The first-order valence-electron chi connectivity index (χ1n) is 12.3. The number of halogens is 3. The summed E-state index contributed by atoms with van der Waals surface area (Å²) in [4.78, 5) is 13.9. The first-order valence-corrected chi connectivity index (χ1v) is 12.7. The second-order valence-corrected chi connectivity index (χ2v) is 9.26. The maximum atomic E-state index is 13.8. The van der Waals surface area contributed by atoms with E-state index in [1.165, 1.54) is 0 Å². The third-order valence-corrected chi connectivity index (χ3v) is 6.67. The summed E-state index contributed by atoms with van der Waals surface area (Å²) in [6.45, 7) is 8.19. The molecule has 3 aromatic heterocycles. The molecule has 1 fully saturated rings. The molecule has 0 N–H and O–H groups in total. The molecule has 0 spiro atoms. The number of pyridine rings is 3. The van der Waals surface area contributed by atoms with Gasteiger partial charge in [0.25, 0.3) is 0 Å². The molecule has 1 unspecified atom stereocenters. The van der Waals surface area contributed by atoms with Crippen LogP contribution < -0.4 is 4.74 Å². The number of benzene rings is 1. The van der Waals surface area contributed by atoms with Gasteiger partial charge < -0.3 is 4.74 Å². The lowest BCUT2D eigenvalue weighted by Gasteiger charge is -2.17. The van der Waals surface area contributed by atoms with E-state index in [-0.39, 0.29) is 18.8 Å². The summed E-state index contributed by atoms with van der Waals surface area (Å²) in [5.74, 6) is -2.32. The van der Waals surface area contributed by atoms with Crippen LogP contribution in [0.3, 0.4) is 0 Å². The standard InChI is InChI=1S/C27H24ClF2N3O.C2H6/c1-16-20(12-21(28)26(32-16)19-8-10-27(29,30)14-19)23-13-24(34-15-18-6-4-3-5-7-18)25-17(2)31-11-9-22(25)33-23;1-2/h3-7,9,11-13,19H,8,10,14-15H2,1-2H3;1-2H3. The number of hydrogen-bond acceptors (Lipinski definition) is 4. The molecule has 0 radical (unpaired) electrons. The van der Waals surface area contributed by atoms with Crippen LogP contribution in [0.5, 0.6) is 5.75 Å². The zero-order valence-corrected chi connectivity index (χ0v) is 21.7. The van der Waals surface area contributed by atoms with Crippen LogP contribution in [0.15, 0.2) is 54.7 Å². The van der Waals surface area contributed by atoms with Gasteiger partial charge in [-0.1, -0.05) is 55.8 Å². The largest absolute Gasteiger partial charge is 0.488 e. The van der Waals surface area contributed by atoms with Gasteiger partial charge in [0, 0.05) is 42.3 Å². The highest BCUT2D eigenvalue weighted by atomic mass is 35.5. The molecule has 1 aliphatic carbocycles. The number of alkyl halides is 2. The molecule has 4 aromatic rings. The third kappa shape index (κ3) is 5.49. The Hall–Kier alpha value is -3.12. The molecule has 188 valence electrons. The number of aryl methyl sites for hydroxylation is 2. The fourth-order valence-corrected chi connectivity index (χ4v) is 4.93. The predicted octanol–water partition coefficient (Wildman–Crippen LogP) is 8.47. The molecule has 7 heteroatoms. The Morgan fingerprint density at radius 1 is 1.03 bits per heavy atom. The van der Waals surface area contributed by atoms with Crippen LogP contribution in [-0.2, 0) is 6.61 Å². The summed E-state index contributed by atoms with van der Waals surface area (Å²) in [5.41, 5.74) is 5.28. The van der Waals surface area contributed by atoms with E-state index in [9.17, 15) is 8.78 Å². The SMILES string of the molecule is CC.Cc1nc(C2CCC(F)(F)C2)c(Cl)cc1-c1cc(OCc2ccccc2)c2c(C)nccc2n1. The van der Waals surface area contributed by atoms with Crippen molar-refractivity contribution in [2.45, 2.75) is 65.4 Å². The van der Waals surface area contributed by atoms with Crippen LogP contribution in [0.1, 0.15) is 61.7 Å². The highest BCUT2D eigenvalue weighted by Gasteiger charge is 2.41. The first-order chi connectivity index (χ1) is 17.3. The average Bonchev–Trinajstić information content (AvgIpc) is 3.24. The molecule has 0 aliphatic heterocycles. The van der Waals surface area contributed by atoms with Gasteiger partial charge >= 0.3 is 0 Å². The van der Waals surface area contributed by atoms with Gasteiger partial charge in [0.2, 0.25) is 5.92 Å². The van der Waals surface area contributed by atoms with Gasteiger partial charge in [-0.15, -0.1) is 0 Å². The number of fused-ring (bicyclic) bond motifs is 1. The summed E-state index contributed by atoms with van der Waals surface area (Å²) < 4.78 is 33.8. The van der Waals surface area contributed by atoms with Gasteiger partial charge in [-0.3, -0.25) is 9.97 Å². The minimum atomic E-state index is -2.65. The van der Waals surface area contributed by atoms with E-state index >= 15 is 0 Å². The quantitative estimate of drug-likeness (QED) is 0.270. The molecule has 36 heavy (non-hydrogen) atoms. The van der Waals surface area contributed by atoms with E-state index in [1.807, 2.05) is 70.2 Å². The van der Waals surface area contributed by atoms with Gasteiger partial charge in [0.1, 0.15) is 12.4 Å². The van der Waals surface area contributed by atoms with Gasteiger partial charge in [0.05, 0.1) is 33.0 Å². The van der Waals surface area contributed by atoms with Crippen molar-refractivity contribution in [2.75, 3.05) is 0 Å². The van der Waals surface area contributed by atoms with Gasteiger partial charge in [-0.05, 0) is 38.0 Å². The molecule has 1 aliphatic rings. The van der Waals surface area contributed by atoms with Crippen LogP contribution in [-0.4, -0.2) is 20.9 Å². The van der Waals surface area contributed by atoms with Crippen molar-refractivity contribution in [3.8, 4) is 17.0 Å².